The lowest BCUT2D eigenvalue weighted by molar-refractivity contribution is -0.0162. The molecule has 0 aromatic heterocycles. The minimum atomic E-state index is 0.539. The molecule has 1 heteroatoms. The fourth-order valence-electron chi connectivity index (χ4n) is 9.52. The Morgan fingerprint density at radius 3 is 2.38 bits per heavy atom. The van der Waals surface area contributed by atoms with Crippen LogP contribution in [0.5, 0.6) is 0 Å². The van der Waals surface area contributed by atoms with Crippen molar-refractivity contribution in [3.63, 3.8) is 0 Å². The van der Waals surface area contributed by atoms with E-state index in [1.165, 1.54) is 57.8 Å². The Morgan fingerprint density at radius 1 is 0.828 bits per heavy atom. The summed E-state index contributed by atoms with van der Waals surface area (Å²) in [5.74, 6) is 4.76. The van der Waals surface area contributed by atoms with Crippen molar-refractivity contribution in [2.45, 2.75) is 117 Å². The standard InChI is InChI=1S/C26H40O.C2H6/c1-25-14-10-20-19-11-15-26(12-2-3-13-26)17-18(19)6-7-21(20)22(25)8-9-23(25)24-5-4-16-27-24;1-2/h10,18-19,21-24H,2-9,11-17H2,1H3;1-2H3/t18?,19?,21?,22?,23?,24?,25-;/m0./s1. The van der Waals surface area contributed by atoms with Gasteiger partial charge in [-0.1, -0.05) is 45.3 Å². The third-order valence-corrected chi connectivity index (χ3v) is 10.8. The van der Waals surface area contributed by atoms with Crippen molar-refractivity contribution in [3.8, 4) is 0 Å². The van der Waals surface area contributed by atoms with Gasteiger partial charge in [0.05, 0.1) is 6.10 Å². The Balaban J connectivity index is 0.000000882. The lowest BCUT2D eigenvalue weighted by atomic mass is 9.51. The van der Waals surface area contributed by atoms with Gasteiger partial charge in [-0.3, -0.25) is 0 Å². The lowest BCUT2D eigenvalue weighted by Crippen LogP contribution is -2.45. The molecule has 6 rings (SSSR count). The fraction of sp³-hybridized carbons (Fsp3) is 0.929. The summed E-state index contributed by atoms with van der Waals surface area (Å²) in [7, 11) is 0. The van der Waals surface area contributed by atoms with Crippen LogP contribution in [0.3, 0.4) is 0 Å². The van der Waals surface area contributed by atoms with Crippen LogP contribution in [0.2, 0.25) is 0 Å². The molecule has 0 amide bonds. The highest BCUT2D eigenvalue weighted by Crippen LogP contribution is 2.65. The molecule has 0 radical (unpaired) electrons. The predicted molar refractivity (Wildman–Crippen MR) is 122 cm³/mol. The predicted octanol–water partition coefficient (Wildman–Crippen LogP) is 7.94. The van der Waals surface area contributed by atoms with Crippen molar-refractivity contribution < 1.29 is 4.74 Å². The molecule has 1 spiro atoms. The van der Waals surface area contributed by atoms with Crippen LogP contribution in [0, 0.1) is 40.4 Å². The Bertz CT molecular complexity index is 608. The van der Waals surface area contributed by atoms with Crippen molar-refractivity contribution in [3.05, 3.63) is 11.6 Å². The molecule has 164 valence electrons. The second-order valence-electron chi connectivity index (χ2n) is 11.8. The highest BCUT2D eigenvalue weighted by Gasteiger charge is 2.57. The average Bonchev–Trinajstić information content (AvgIpc) is 3.49. The van der Waals surface area contributed by atoms with E-state index in [4.69, 9.17) is 4.74 Å². The molecular formula is C28H46O. The van der Waals surface area contributed by atoms with Gasteiger partial charge in [-0.2, -0.15) is 0 Å². The zero-order valence-electron chi connectivity index (χ0n) is 19.6. The van der Waals surface area contributed by atoms with E-state index >= 15 is 0 Å². The Kier molecular flexibility index (Phi) is 5.68. The van der Waals surface area contributed by atoms with Gasteiger partial charge in [-0.15, -0.1) is 0 Å². The summed E-state index contributed by atoms with van der Waals surface area (Å²) in [5.41, 5.74) is 3.29. The summed E-state index contributed by atoms with van der Waals surface area (Å²) in [6, 6.07) is 0. The lowest BCUT2D eigenvalue weighted by Gasteiger charge is -2.54. The van der Waals surface area contributed by atoms with Crippen molar-refractivity contribution in [1.29, 1.82) is 0 Å². The first kappa shape index (κ1) is 20.6. The third-order valence-electron chi connectivity index (χ3n) is 10.8. The van der Waals surface area contributed by atoms with E-state index < -0.39 is 0 Å². The molecule has 6 unspecified atom stereocenters. The first-order chi connectivity index (χ1) is 14.2. The molecule has 0 bridgehead atoms. The van der Waals surface area contributed by atoms with Crippen LogP contribution in [0.15, 0.2) is 11.6 Å². The Hall–Kier alpha value is -0.300. The van der Waals surface area contributed by atoms with Crippen molar-refractivity contribution in [2.75, 3.05) is 6.61 Å². The molecular weight excluding hydrogens is 352 g/mol. The van der Waals surface area contributed by atoms with E-state index in [1.54, 1.807) is 32.1 Å². The monoisotopic (exact) mass is 398 g/mol. The molecule has 5 aliphatic carbocycles. The van der Waals surface area contributed by atoms with Gasteiger partial charge < -0.3 is 4.74 Å². The molecule has 1 aliphatic heterocycles. The van der Waals surface area contributed by atoms with E-state index in [0.29, 0.717) is 11.5 Å². The van der Waals surface area contributed by atoms with Gasteiger partial charge in [0.15, 0.2) is 0 Å². The second-order valence-corrected chi connectivity index (χ2v) is 11.8. The number of allylic oxidation sites excluding steroid dienone is 2. The van der Waals surface area contributed by atoms with Crippen molar-refractivity contribution in [2.24, 2.45) is 40.4 Å². The Morgan fingerprint density at radius 2 is 1.62 bits per heavy atom. The van der Waals surface area contributed by atoms with Crippen LogP contribution in [-0.2, 0) is 4.74 Å². The molecule has 5 fully saturated rings. The smallest absolute Gasteiger partial charge is 0.0609 e. The summed E-state index contributed by atoms with van der Waals surface area (Å²) in [6.45, 7) is 7.68. The summed E-state index contributed by atoms with van der Waals surface area (Å²) in [5, 5.41) is 0. The maximum atomic E-state index is 6.21. The van der Waals surface area contributed by atoms with Gasteiger partial charge in [-0.25, -0.2) is 0 Å². The molecule has 0 aromatic rings. The fourth-order valence-corrected chi connectivity index (χ4v) is 9.52. The highest BCUT2D eigenvalue weighted by molar-refractivity contribution is 5.25. The van der Waals surface area contributed by atoms with Gasteiger partial charge in [0, 0.05) is 6.61 Å². The van der Waals surface area contributed by atoms with Crippen LogP contribution in [0.25, 0.3) is 0 Å². The van der Waals surface area contributed by atoms with E-state index in [1.807, 2.05) is 19.4 Å². The minimum absolute atomic E-state index is 0.539. The van der Waals surface area contributed by atoms with E-state index in [9.17, 15) is 0 Å². The van der Waals surface area contributed by atoms with Crippen molar-refractivity contribution in [1.82, 2.24) is 0 Å². The van der Waals surface area contributed by atoms with Crippen LogP contribution >= 0.6 is 0 Å². The quantitative estimate of drug-likeness (QED) is 0.407. The van der Waals surface area contributed by atoms with Gasteiger partial charge >= 0.3 is 0 Å². The molecule has 1 nitrogen and oxygen atoms in total. The zero-order chi connectivity index (χ0) is 20.1. The van der Waals surface area contributed by atoms with Gasteiger partial charge in [0.2, 0.25) is 0 Å². The normalized spacial score (nSPS) is 47.6. The summed E-state index contributed by atoms with van der Waals surface area (Å²) in [6.07, 6.45) is 24.2. The number of fused-ring (bicyclic) bond motifs is 5. The van der Waals surface area contributed by atoms with Gasteiger partial charge in [-0.05, 0) is 117 Å². The molecule has 1 saturated heterocycles. The summed E-state index contributed by atoms with van der Waals surface area (Å²) >= 11 is 0. The molecule has 29 heavy (non-hydrogen) atoms. The van der Waals surface area contributed by atoms with E-state index in [2.05, 4.69) is 13.0 Å². The molecule has 7 atom stereocenters. The zero-order valence-corrected chi connectivity index (χ0v) is 19.6. The maximum Gasteiger partial charge on any atom is 0.0609 e. The summed E-state index contributed by atoms with van der Waals surface area (Å²) in [4.78, 5) is 0. The van der Waals surface area contributed by atoms with E-state index in [0.717, 1.165) is 41.6 Å². The number of hydrogen-bond acceptors (Lipinski definition) is 1. The second kappa shape index (κ2) is 7.99. The minimum Gasteiger partial charge on any atom is -0.378 e. The number of rotatable bonds is 1. The number of ether oxygens (including phenoxy) is 1. The SMILES string of the molecule is CC.C[C@]12CC=C3C4CCC5(CCCC5)CC4CCC3C1CCC2C1CCCO1. The van der Waals surface area contributed by atoms with Gasteiger partial charge in [0.25, 0.3) is 0 Å². The number of hydrogen-bond donors (Lipinski definition) is 0. The van der Waals surface area contributed by atoms with Crippen LogP contribution in [0.1, 0.15) is 111 Å². The van der Waals surface area contributed by atoms with Crippen LogP contribution in [0.4, 0.5) is 0 Å². The van der Waals surface area contributed by atoms with Crippen molar-refractivity contribution >= 4 is 0 Å². The van der Waals surface area contributed by atoms with Gasteiger partial charge in [0.1, 0.15) is 0 Å². The van der Waals surface area contributed by atoms with Crippen LogP contribution < -0.4 is 0 Å². The molecule has 1 heterocycles. The third kappa shape index (κ3) is 3.28. The molecule has 0 N–H and O–H groups in total. The topological polar surface area (TPSA) is 9.23 Å². The summed E-state index contributed by atoms with van der Waals surface area (Å²) < 4.78 is 6.21. The van der Waals surface area contributed by atoms with E-state index in [-0.39, 0.29) is 0 Å². The highest BCUT2D eigenvalue weighted by atomic mass is 16.5. The maximum absolute atomic E-state index is 6.21. The first-order valence-electron chi connectivity index (χ1n) is 13.5. The molecule has 4 saturated carbocycles. The molecule has 0 aromatic carbocycles. The van der Waals surface area contributed by atoms with Crippen LogP contribution in [-0.4, -0.2) is 12.7 Å². The average molecular weight is 399 g/mol. The Labute approximate surface area is 180 Å². The largest absolute Gasteiger partial charge is 0.378 e. The first-order valence-corrected chi connectivity index (χ1v) is 13.5. The molecule has 6 aliphatic rings.